The highest BCUT2D eigenvalue weighted by Gasteiger charge is 2.14. The first-order valence-corrected chi connectivity index (χ1v) is 9.19. The molecule has 0 atom stereocenters. The maximum Gasteiger partial charge on any atom is 0.236 e. The molecule has 1 N–H and O–H groups in total. The van der Waals surface area contributed by atoms with E-state index < -0.39 is 0 Å². The van der Waals surface area contributed by atoms with E-state index in [1.165, 1.54) is 18.0 Å². The normalized spacial score (nSPS) is 10.6. The number of nitrogens with zero attached hydrogens (tertiary/aromatic N) is 4. The highest BCUT2D eigenvalue weighted by molar-refractivity contribution is 7.99. The zero-order valence-electron chi connectivity index (χ0n) is 14.8. The van der Waals surface area contributed by atoms with Crippen molar-refractivity contribution in [3.63, 3.8) is 0 Å². The molecule has 0 spiro atoms. The van der Waals surface area contributed by atoms with Crippen LogP contribution >= 0.6 is 11.8 Å². The van der Waals surface area contributed by atoms with Crippen LogP contribution in [0.5, 0.6) is 5.75 Å². The van der Waals surface area contributed by atoms with Crippen molar-refractivity contribution in [3.8, 4) is 5.75 Å². The van der Waals surface area contributed by atoms with E-state index in [-0.39, 0.29) is 18.3 Å². The van der Waals surface area contributed by atoms with Crippen LogP contribution in [0.1, 0.15) is 11.4 Å². The molecule has 2 heterocycles. The number of thioether (sulfide) groups is 1. The summed E-state index contributed by atoms with van der Waals surface area (Å²) in [4.78, 5) is 12.0. The number of carbonyl (C=O) groups excluding carboxylic acids is 1. The predicted octanol–water partition coefficient (Wildman–Crippen LogP) is 3.07. The molecular formula is C18H19N5O3S. The molecule has 3 aromatic rings. The van der Waals surface area contributed by atoms with E-state index >= 15 is 0 Å². The Morgan fingerprint density at radius 3 is 3.04 bits per heavy atom. The van der Waals surface area contributed by atoms with Gasteiger partial charge in [-0.25, -0.2) is 0 Å². The second kappa shape index (κ2) is 9.04. The Bertz CT molecular complexity index is 908. The Kier molecular flexibility index (Phi) is 6.26. The number of benzene rings is 1. The van der Waals surface area contributed by atoms with E-state index in [9.17, 15) is 4.79 Å². The number of amides is 1. The summed E-state index contributed by atoms with van der Waals surface area (Å²) >= 11 is 1.28. The van der Waals surface area contributed by atoms with Crippen molar-refractivity contribution in [2.75, 3.05) is 11.1 Å². The molecule has 0 aliphatic carbocycles. The standard InChI is InChI=1S/C18H19N5O3S/c1-3-8-23-16(11-25-14-6-4-5-13(2)10-14)20-21-18(23)27-12-17(24)19-15-7-9-26-22-15/h3-7,9-10H,1,8,11-12H2,2H3,(H,19,22,24). The van der Waals surface area contributed by atoms with Crippen molar-refractivity contribution in [2.24, 2.45) is 0 Å². The number of carbonyl (C=O) groups is 1. The molecule has 1 amide bonds. The summed E-state index contributed by atoms with van der Waals surface area (Å²) in [6.07, 6.45) is 3.14. The van der Waals surface area contributed by atoms with Crippen LogP contribution in [0.2, 0.25) is 0 Å². The van der Waals surface area contributed by atoms with Gasteiger partial charge in [-0.15, -0.1) is 16.8 Å². The second-order valence-corrected chi connectivity index (χ2v) is 6.57. The predicted molar refractivity (Wildman–Crippen MR) is 102 cm³/mol. The maximum atomic E-state index is 12.0. The number of allylic oxidation sites excluding steroid dienone is 1. The first-order valence-electron chi connectivity index (χ1n) is 8.21. The van der Waals surface area contributed by atoms with E-state index in [1.54, 1.807) is 12.1 Å². The molecule has 9 heteroatoms. The lowest BCUT2D eigenvalue weighted by Crippen LogP contribution is -2.15. The third kappa shape index (κ3) is 5.20. The van der Waals surface area contributed by atoms with Gasteiger partial charge in [-0.1, -0.05) is 35.1 Å². The molecule has 0 unspecified atom stereocenters. The zero-order valence-corrected chi connectivity index (χ0v) is 15.6. The van der Waals surface area contributed by atoms with Crippen LogP contribution in [0.25, 0.3) is 0 Å². The number of hydrogen-bond acceptors (Lipinski definition) is 7. The van der Waals surface area contributed by atoms with Crippen LogP contribution in [0.4, 0.5) is 5.82 Å². The molecule has 0 aliphatic rings. The molecule has 0 fully saturated rings. The van der Waals surface area contributed by atoms with Gasteiger partial charge in [-0.05, 0) is 24.6 Å². The van der Waals surface area contributed by atoms with Gasteiger partial charge in [0.05, 0.1) is 5.75 Å². The fraction of sp³-hybridized carbons (Fsp3) is 0.222. The van der Waals surface area contributed by atoms with Crippen molar-refractivity contribution < 1.29 is 14.1 Å². The highest BCUT2D eigenvalue weighted by atomic mass is 32.2. The Morgan fingerprint density at radius 2 is 2.30 bits per heavy atom. The molecule has 0 saturated carbocycles. The maximum absolute atomic E-state index is 12.0. The Labute approximate surface area is 160 Å². The molecule has 2 aromatic heterocycles. The first kappa shape index (κ1) is 18.7. The van der Waals surface area contributed by atoms with Crippen molar-refractivity contribution in [1.29, 1.82) is 0 Å². The highest BCUT2D eigenvalue weighted by Crippen LogP contribution is 2.19. The van der Waals surface area contributed by atoms with E-state index in [0.717, 1.165) is 11.3 Å². The SMILES string of the molecule is C=CCn1c(COc2cccc(C)c2)nnc1SCC(=O)Nc1ccon1. The lowest BCUT2D eigenvalue weighted by Gasteiger charge is -2.09. The van der Waals surface area contributed by atoms with Crippen LogP contribution in [0, 0.1) is 6.92 Å². The molecule has 0 aliphatic heterocycles. The van der Waals surface area contributed by atoms with Crippen LogP contribution in [0.15, 0.2) is 58.9 Å². The summed E-state index contributed by atoms with van der Waals surface area (Å²) in [7, 11) is 0. The van der Waals surface area contributed by atoms with Crippen LogP contribution in [-0.4, -0.2) is 31.6 Å². The van der Waals surface area contributed by atoms with Gasteiger partial charge in [0.25, 0.3) is 0 Å². The number of aromatic nitrogens is 4. The van der Waals surface area contributed by atoms with E-state index in [2.05, 4.69) is 31.8 Å². The monoisotopic (exact) mass is 385 g/mol. The Hall–Kier alpha value is -3.07. The fourth-order valence-electron chi connectivity index (χ4n) is 2.28. The number of ether oxygens (including phenoxy) is 1. The average Bonchev–Trinajstić information content (AvgIpc) is 3.29. The minimum Gasteiger partial charge on any atom is -0.486 e. The van der Waals surface area contributed by atoms with E-state index in [0.29, 0.717) is 23.3 Å². The van der Waals surface area contributed by atoms with Gasteiger partial charge in [-0.3, -0.25) is 9.36 Å². The van der Waals surface area contributed by atoms with Gasteiger partial charge < -0.3 is 14.6 Å². The summed E-state index contributed by atoms with van der Waals surface area (Å²) in [5.74, 6) is 1.76. The van der Waals surface area contributed by atoms with Crippen LogP contribution in [0.3, 0.4) is 0 Å². The lowest BCUT2D eigenvalue weighted by molar-refractivity contribution is -0.113. The topological polar surface area (TPSA) is 95.1 Å². The summed E-state index contributed by atoms with van der Waals surface area (Å²) in [6, 6.07) is 9.37. The molecule has 0 saturated heterocycles. The summed E-state index contributed by atoms with van der Waals surface area (Å²) in [5.41, 5.74) is 1.12. The van der Waals surface area contributed by atoms with E-state index in [4.69, 9.17) is 4.74 Å². The third-order valence-electron chi connectivity index (χ3n) is 3.50. The molecule has 27 heavy (non-hydrogen) atoms. The quantitative estimate of drug-likeness (QED) is 0.447. The molecule has 8 nitrogen and oxygen atoms in total. The zero-order chi connectivity index (χ0) is 19.1. The number of hydrogen-bond donors (Lipinski definition) is 1. The molecule has 140 valence electrons. The van der Waals surface area contributed by atoms with Gasteiger partial charge in [0.15, 0.2) is 16.8 Å². The van der Waals surface area contributed by atoms with E-state index in [1.807, 2.05) is 35.8 Å². The largest absolute Gasteiger partial charge is 0.486 e. The summed E-state index contributed by atoms with van der Waals surface area (Å²) < 4.78 is 12.4. The van der Waals surface area contributed by atoms with Gasteiger partial charge >= 0.3 is 0 Å². The number of nitrogens with one attached hydrogen (secondary N) is 1. The Balaban J connectivity index is 1.61. The molecule has 0 radical (unpaired) electrons. The van der Waals surface area contributed by atoms with Gasteiger partial charge in [0.2, 0.25) is 5.91 Å². The molecule has 0 bridgehead atoms. The molecule has 1 aromatic carbocycles. The smallest absolute Gasteiger partial charge is 0.236 e. The fourth-order valence-corrected chi connectivity index (χ4v) is 3.05. The number of aryl methyl sites for hydroxylation is 1. The van der Waals surface area contributed by atoms with Gasteiger partial charge in [0, 0.05) is 12.6 Å². The minimum atomic E-state index is -0.209. The van der Waals surface area contributed by atoms with Crippen molar-refractivity contribution >= 4 is 23.5 Å². The van der Waals surface area contributed by atoms with Crippen molar-refractivity contribution in [2.45, 2.75) is 25.2 Å². The van der Waals surface area contributed by atoms with Gasteiger partial charge in [0.1, 0.15) is 18.6 Å². The van der Waals surface area contributed by atoms with Crippen molar-refractivity contribution in [3.05, 3.63) is 60.6 Å². The van der Waals surface area contributed by atoms with Crippen LogP contribution < -0.4 is 10.1 Å². The lowest BCUT2D eigenvalue weighted by atomic mass is 10.2. The number of rotatable bonds is 9. The number of anilines is 1. The summed E-state index contributed by atoms with van der Waals surface area (Å²) in [6.45, 7) is 6.57. The first-order chi connectivity index (χ1) is 13.2. The molecule has 3 rings (SSSR count). The van der Waals surface area contributed by atoms with Crippen molar-refractivity contribution in [1.82, 2.24) is 19.9 Å². The van der Waals surface area contributed by atoms with Gasteiger partial charge in [-0.2, -0.15) is 0 Å². The summed E-state index contributed by atoms with van der Waals surface area (Å²) in [5, 5.41) is 15.3. The third-order valence-corrected chi connectivity index (χ3v) is 4.47. The Morgan fingerprint density at radius 1 is 1.41 bits per heavy atom. The second-order valence-electron chi connectivity index (χ2n) is 5.62. The van der Waals surface area contributed by atoms with Crippen LogP contribution in [-0.2, 0) is 17.9 Å². The minimum absolute atomic E-state index is 0.168. The molecular weight excluding hydrogens is 366 g/mol. The average molecular weight is 385 g/mol.